The van der Waals surface area contributed by atoms with E-state index in [0.717, 1.165) is 17.0 Å². The number of nitrogens with zero attached hydrogens (tertiary/aromatic N) is 3. The summed E-state index contributed by atoms with van der Waals surface area (Å²) in [7, 11) is 0. The van der Waals surface area contributed by atoms with E-state index in [1.54, 1.807) is 29.2 Å². The van der Waals surface area contributed by atoms with Crippen LogP contribution in [-0.2, 0) is 19.2 Å². The second-order valence-electron chi connectivity index (χ2n) is 6.12. The quantitative estimate of drug-likeness (QED) is 0.451. The molecule has 27 heavy (non-hydrogen) atoms. The van der Waals surface area contributed by atoms with Crippen LogP contribution >= 0.6 is 0 Å². The Balaban J connectivity index is 1.61. The van der Waals surface area contributed by atoms with E-state index in [4.69, 9.17) is 0 Å². The van der Waals surface area contributed by atoms with Gasteiger partial charge < -0.3 is 10.2 Å². The molecule has 0 atom stereocenters. The third-order valence-electron chi connectivity index (χ3n) is 4.28. The molecule has 9 nitrogen and oxygen atoms in total. The lowest BCUT2D eigenvalue weighted by Gasteiger charge is -2.16. The molecule has 2 saturated heterocycles. The number of urea groups is 1. The second-order valence-corrected chi connectivity index (χ2v) is 6.12. The van der Waals surface area contributed by atoms with Crippen molar-refractivity contribution in [2.24, 2.45) is 0 Å². The fourth-order valence-corrected chi connectivity index (χ4v) is 2.97. The minimum Gasteiger partial charge on any atom is -0.325 e. The van der Waals surface area contributed by atoms with Gasteiger partial charge in [-0.2, -0.15) is 0 Å². The number of carbonyl (C=O) groups is 5. The van der Waals surface area contributed by atoms with E-state index in [0.29, 0.717) is 23.6 Å². The zero-order chi connectivity index (χ0) is 19.6. The van der Waals surface area contributed by atoms with Crippen molar-refractivity contribution in [3.8, 4) is 0 Å². The van der Waals surface area contributed by atoms with Crippen molar-refractivity contribution in [2.45, 2.75) is 12.8 Å². The molecule has 2 heterocycles. The summed E-state index contributed by atoms with van der Waals surface area (Å²) < 4.78 is 0. The van der Waals surface area contributed by atoms with E-state index in [-0.39, 0.29) is 12.5 Å². The van der Waals surface area contributed by atoms with Gasteiger partial charge in [0.25, 0.3) is 0 Å². The van der Waals surface area contributed by atoms with E-state index >= 15 is 0 Å². The molecule has 2 fully saturated rings. The van der Waals surface area contributed by atoms with E-state index in [1.165, 1.54) is 6.08 Å². The summed E-state index contributed by atoms with van der Waals surface area (Å²) in [5.74, 6) is -2.58. The molecule has 0 bridgehead atoms. The summed E-state index contributed by atoms with van der Waals surface area (Å²) in [4.78, 5) is 62.6. The normalized spacial score (nSPS) is 17.1. The Hall–Kier alpha value is -3.49. The monoisotopic (exact) mass is 370 g/mol. The van der Waals surface area contributed by atoms with Gasteiger partial charge in [0.15, 0.2) is 0 Å². The van der Waals surface area contributed by atoms with Crippen LogP contribution in [0.1, 0.15) is 12.8 Å². The number of hydrogen-bond acceptors (Lipinski definition) is 5. The lowest BCUT2D eigenvalue weighted by molar-refractivity contribution is -0.143. The summed E-state index contributed by atoms with van der Waals surface area (Å²) in [6, 6.07) is 5.83. The Bertz CT molecular complexity index is 833. The van der Waals surface area contributed by atoms with E-state index < -0.39 is 30.3 Å². The first-order chi connectivity index (χ1) is 12.9. The minimum atomic E-state index is -1.04. The molecule has 0 spiro atoms. The van der Waals surface area contributed by atoms with Gasteiger partial charge in [0.05, 0.1) is 0 Å². The summed E-state index contributed by atoms with van der Waals surface area (Å²) in [5.41, 5.74) is 1.19. The lowest BCUT2D eigenvalue weighted by Crippen LogP contribution is -2.39. The standard InChI is InChI=1S/C18H18N4O5/c1-2-9-21-16(25)17(26)22(18(21)27)11-14(23)19-12-5-7-13(8-6-12)20-10-3-4-15(20)24/h2,5-8H,1,3-4,9-11H2,(H,19,23). The highest BCUT2D eigenvalue weighted by Crippen LogP contribution is 2.23. The largest absolute Gasteiger partial charge is 0.335 e. The van der Waals surface area contributed by atoms with E-state index in [2.05, 4.69) is 11.9 Å². The highest BCUT2D eigenvalue weighted by atomic mass is 16.2. The van der Waals surface area contributed by atoms with Gasteiger partial charge in [-0.3, -0.25) is 24.1 Å². The minimum absolute atomic E-state index is 0.0617. The first-order valence-electron chi connectivity index (χ1n) is 8.41. The molecular weight excluding hydrogens is 352 g/mol. The van der Waals surface area contributed by atoms with Crippen molar-refractivity contribution in [1.29, 1.82) is 0 Å². The van der Waals surface area contributed by atoms with E-state index in [1.807, 2.05) is 0 Å². The number of benzene rings is 1. The molecule has 2 aliphatic heterocycles. The number of rotatable bonds is 6. The summed E-state index contributed by atoms with van der Waals surface area (Å²) in [6.07, 6.45) is 2.66. The van der Waals surface area contributed by atoms with Crippen LogP contribution in [0.3, 0.4) is 0 Å². The van der Waals surface area contributed by atoms with Crippen LogP contribution in [0.4, 0.5) is 16.2 Å². The van der Waals surface area contributed by atoms with Gasteiger partial charge in [-0.15, -0.1) is 6.58 Å². The Morgan fingerprint density at radius 3 is 2.33 bits per heavy atom. The molecule has 0 radical (unpaired) electrons. The smallest absolute Gasteiger partial charge is 0.325 e. The number of nitrogens with one attached hydrogen (secondary N) is 1. The third-order valence-corrected chi connectivity index (χ3v) is 4.28. The van der Waals surface area contributed by atoms with Crippen LogP contribution < -0.4 is 10.2 Å². The van der Waals surface area contributed by atoms with Gasteiger partial charge in [-0.1, -0.05) is 6.08 Å². The Morgan fingerprint density at radius 2 is 1.74 bits per heavy atom. The molecule has 1 N–H and O–H groups in total. The molecule has 1 aromatic carbocycles. The lowest BCUT2D eigenvalue weighted by atomic mass is 10.2. The van der Waals surface area contributed by atoms with Crippen LogP contribution in [0, 0.1) is 0 Å². The van der Waals surface area contributed by atoms with Gasteiger partial charge in [-0.25, -0.2) is 9.69 Å². The van der Waals surface area contributed by atoms with Gasteiger partial charge in [0.1, 0.15) is 6.54 Å². The van der Waals surface area contributed by atoms with Crippen molar-refractivity contribution < 1.29 is 24.0 Å². The maximum atomic E-state index is 12.2. The SMILES string of the molecule is C=CCN1C(=O)C(=O)N(CC(=O)Nc2ccc(N3CCCC3=O)cc2)C1=O. The maximum absolute atomic E-state index is 12.2. The average Bonchev–Trinajstić information content (AvgIpc) is 3.16. The van der Waals surface area contributed by atoms with Gasteiger partial charge in [0, 0.05) is 30.9 Å². The van der Waals surface area contributed by atoms with Crippen LogP contribution in [0.25, 0.3) is 0 Å². The Labute approximate surface area is 155 Å². The summed E-state index contributed by atoms with van der Waals surface area (Å²) in [5, 5.41) is 2.56. The molecule has 1 aromatic rings. The first kappa shape index (κ1) is 18.3. The molecular formula is C18H18N4O5. The van der Waals surface area contributed by atoms with E-state index in [9.17, 15) is 24.0 Å². The highest BCUT2D eigenvalue weighted by Gasteiger charge is 2.44. The maximum Gasteiger partial charge on any atom is 0.335 e. The van der Waals surface area contributed by atoms with Crippen molar-refractivity contribution >= 4 is 41.0 Å². The van der Waals surface area contributed by atoms with Crippen molar-refractivity contribution in [3.05, 3.63) is 36.9 Å². The van der Waals surface area contributed by atoms with Crippen LogP contribution in [-0.4, -0.2) is 59.1 Å². The van der Waals surface area contributed by atoms with Gasteiger partial charge >= 0.3 is 17.8 Å². The third kappa shape index (κ3) is 3.57. The van der Waals surface area contributed by atoms with Crippen LogP contribution in [0.2, 0.25) is 0 Å². The Morgan fingerprint density at radius 1 is 1.07 bits per heavy atom. The Kier molecular flexibility index (Phi) is 5.02. The number of anilines is 2. The highest BCUT2D eigenvalue weighted by molar-refractivity contribution is 6.45. The predicted molar refractivity (Wildman–Crippen MR) is 95.7 cm³/mol. The number of carbonyl (C=O) groups excluding carboxylic acids is 5. The number of hydrogen-bond donors (Lipinski definition) is 1. The predicted octanol–water partition coefficient (Wildman–Crippen LogP) is 0.729. The molecule has 0 aliphatic carbocycles. The topological polar surface area (TPSA) is 107 Å². The summed E-state index contributed by atoms with van der Waals surface area (Å²) >= 11 is 0. The molecule has 0 aromatic heterocycles. The van der Waals surface area contributed by atoms with Crippen LogP contribution in [0.5, 0.6) is 0 Å². The zero-order valence-corrected chi connectivity index (χ0v) is 14.5. The molecule has 2 aliphatic rings. The molecule has 6 amide bonds. The average molecular weight is 370 g/mol. The first-order valence-corrected chi connectivity index (χ1v) is 8.41. The fourth-order valence-electron chi connectivity index (χ4n) is 2.97. The zero-order valence-electron chi connectivity index (χ0n) is 14.5. The van der Waals surface area contributed by atoms with Crippen molar-refractivity contribution in [3.63, 3.8) is 0 Å². The summed E-state index contributed by atoms with van der Waals surface area (Å²) in [6.45, 7) is 3.42. The molecule has 140 valence electrons. The fraction of sp³-hybridized carbons (Fsp3) is 0.278. The van der Waals surface area contributed by atoms with Crippen molar-refractivity contribution in [1.82, 2.24) is 9.80 Å². The van der Waals surface area contributed by atoms with Crippen molar-refractivity contribution in [2.75, 3.05) is 29.9 Å². The van der Waals surface area contributed by atoms with Crippen LogP contribution in [0.15, 0.2) is 36.9 Å². The second kappa shape index (κ2) is 7.40. The molecule has 3 rings (SSSR count). The van der Waals surface area contributed by atoms with Gasteiger partial charge in [0.2, 0.25) is 11.8 Å². The molecule has 0 unspecified atom stereocenters. The number of amides is 6. The molecule has 9 heteroatoms. The number of imide groups is 2. The van der Waals surface area contributed by atoms with Gasteiger partial charge in [-0.05, 0) is 30.7 Å². The molecule has 0 saturated carbocycles.